The number of fused-ring (bicyclic) bond motifs is 3. The predicted octanol–water partition coefficient (Wildman–Crippen LogP) is 1.21. The number of carbonyl (C=O) groups is 1. The molecule has 1 aliphatic carbocycles. The number of aryl methyl sites for hydroxylation is 1. The number of carbonyl (C=O) groups excluding carboxylic acids is 1. The summed E-state index contributed by atoms with van der Waals surface area (Å²) in [5, 5.41) is 7.54. The molecule has 1 amide bonds. The predicted molar refractivity (Wildman–Crippen MR) is 85.0 cm³/mol. The Morgan fingerprint density at radius 1 is 1.35 bits per heavy atom. The molecule has 0 radical (unpaired) electrons. The van der Waals surface area contributed by atoms with Gasteiger partial charge in [-0.05, 0) is 50.8 Å². The Morgan fingerprint density at radius 2 is 2.22 bits per heavy atom. The maximum absolute atomic E-state index is 12.6. The Hall–Kier alpha value is -2.08. The van der Waals surface area contributed by atoms with Crippen molar-refractivity contribution in [2.45, 2.75) is 31.7 Å². The molecule has 1 aromatic rings. The Morgan fingerprint density at radius 3 is 3.00 bits per heavy atom. The molecular formula is C17H20N4O2. The van der Waals surface area contributed by atoms with Crippen LogP contribution in [0, 0.1) is 5.92 Å². The molecule has 0 aromatic carbocycles. The molecule has 0 spiro atoms. The molecular weight excluding hydrogens is 292 g/mol. The molecule has 6 heteroatoms. The van der Waals surface area contributed by atoms with E-state index < -0.39 is 0 Å². The van der Waals surface area contributed by atoms with Crippen LogP contribution in [0.2, 0.25) is 0 Å². The molecule has 23 heavy (non-hydrogen) atoms. The lowest BCUT2D eigenvalue weighted by Gasteiger charge is -2.45. The van der Waals surface area contributed by atoms with Crippen LogP contribution in [0.3, 0.4) is 0 Å². The molecule has 5 aliphatic rings. The van der Waals surface area contributed by atoms with Crippen molar-refractivity contribution in [3.63, 3.8) is 0 Å². The minimum atomic E-state index is -0.127. The molecule has 0 unspecified atom stereocenters. The second-order valence-electron chi connectivity index (χ2n) is 6.88. The second-order valence-corrected chi connectivity index (χ2v) is 6.88. The molecule has 3 saturated heterocycles. The van der Waals surface area contributed by atoms with E-state index in [4.69, 9.17) is 4.74 Å². The van der Waals surface area contributed by atoms with Crippen molar-refractivity contribution in [3.05, 3.63) is 29.3 Å². The molecule has 1 atom stereocenters. The monoisotopic (exact) mass is 312 g/mol. The first-order valence-electron chi connectivity index (χ1n) is 8.48. The highest BCUT2D eigenvalue weighted by molar-refractivity contribution is 5.96. The Bertz CT molecular complexity index is 725. The van der Waals surface area contributed by atoms with Crippen LogP contribution < -0.4 is 5.32 Å². The number of hydrogen-bond donors (Lipinski definition) is 1. The number of nitrogens with zero attached hydrogens (tertiary/aromatic N) is 3. The van der Waals surface area contributed by atoms with E-state index in [-0.39, 0.29) is 11.9 Å². The van der Waals surface area contributed by atoms with Gasteiger partial charge in [0.1, 0.15) is 11.5 Å². The molecule has 1 aromatic heterocycles. The van der Waals surface area contributed by atoms with Crippen LogP contribution in [-0.4, -0.2) is 46.3 Å². The summed E-state index contributed by atoms with van der Waals surface area (Å²) in [6, 6.07) is 0.240. The zero-order valence-corrected chi connectivity index (χ0v) is 13.0. The van der Waals surface area contributed by atoms with Crippen LogP contribution in [0.15, 0.2) is 18.0 Å². The molecule has 6 rings (SSSR count). The minimum Gasteiger partial charge on any atom is -0.448 e. The lowest BCUT2D eigenvalue weighted by Crippen LogP contribution is -2.57. The van der Waals surface area contributed by atoms with Crippen LogP contribution in [-0.2, 0) is 16.0 Å². The van der Waals surface area contributed by atoms with Gasteiger partial charge in [0.25, 0.3) is 5.91 Å². The zero-order chi connectivity index (χ0) is 15.4. The first-order valence-corrected chi connectivity index (χ1v) is 8.48. The van der Waals surface area contributed by atoms with Crippen molar-refractivity contribution < 1.29 is 9.53 Å². The standard InChI is InChI=1S/C17H20N4O2/c22-17(19-13-9-20-6-4-11(13)5-7-20)15-10-21-16-12(8-18-21)2-1-3-14(16)23-15/h3,8,10-11,13H,1-2,4-7,9H2,(H,19,22)/t13-/m0/s1. The van der Waals surface area contributed by atoms with E-state index in [0.717, 1.165) is 30.8 Å². The number of allylic oxidation sites excluding steroid dienone is 1. The second kappa shape index (κ2) is 4.96. The van der Waals surface area contributed by atoms with Crippen LogP contribution in [0.25, 0.3) is 12.0 Å². The quantitative estimate of drug-likeness (QED) is 0.892. The van der Waals surface area contributed by atoms with Crippen molar-refractivity contribution in [2.75, 3.05) is 19.6 Å². The van der Waals surface area contributed by atoms with E-state index in [0.29, 0.717) is 11.7 Å². The van der Waals surface area contributed by atoms with Gasteiger partial charge in [0.15, 0.2) is 0 Å². The summed E-state index contributed by atoms with van der Waals surface area (Å²) < 4.78 is 7.64. The van der Waals surface area contributed by atoms with Crippen molar-refractivity contribution in [1.82, 2.24) is 20.0 Å². The maximum Gasteiger partial charge on any atom is 0.288 e. The number of ether oxygens (including phenoxy) is 1. The van der Waals surface area contributed by atoms with E-state index in [9.17, 15) is 4.79 Å². The summed E-state index contributed by atoms with van der Waals surface area (Å²) >= 11 is 0. The number of piperidine rings is 3. The highest BCUT2D eigenvalue weighted by Gasteiger charge is 2.36. The van der Waals surface area contributed by atoms with Gasteiger partial charge >= 0.3 is 0 Å². The molecule has 3 fully saturated rings. The van der Waals surface area contributed by atoms with Gasteiger partial charge in [-0.1, -0.05) is 0 Å². The van der Waals surface area contributed by atoms with Gasteiger partial charge in [-0.15, -0.1) is 0 Å². The molecule has 4 aliphatic heterocycles. The fourth-order valence-electron chi connectivity index (χ4n) is 4.22. The summed E-state index contributed by atoms with van der Waals surface area (Å²) in [6.07, 6.45) is 9.91. The third kappa shape index (κ3) is 2.12. The minimum absolute atomic E-state index is 0.127. The summed E-state index contributed by atoms with van der Waals surface area (Å²) in [5.74, 6) is 1.59. The van der Waals surface area contributed by atoms with E-state index in [1.165, 1.54) is 31.5 Å². The summed E-state index contributed by atoms with van der Waals surface area (Å²) in [4.78, 5) is 15.1. The fourth-order valence-corrected chi connectivity index (χ4v) is 4.22. The third-order valence-electron chi connectivity index (χ3n) is 5.50. The Balaban J connectivity index is 1.38. The van der Waals surface area contributed by atoms with Gasteiger partial charge < -0.3 is 15.0 Å². The number of amides is 1. The topological polar surface area (TPSA) is 59.4 Å². The molecule has 0 saturated carbocycles. The van der Waals surface area contributed by atoms with Crippen molar-refractivity contribution in [1.29, 1.82) is 0 Å². The van der Waals surface area contributed by atoms with Crippen molar-refractivity contribution in [2.24, 2.45) is 5.92 Å². The highest BCUT2D eigenvalue weighted by atomic mass is 16.5. The van der Waals surface area contributed by atoms with Crippen LogP contribution in [0.1, 0.15) is 30.5 Å². The Kier molecular flexibility index (Phi) is 2.88. The third-order valence-corrected chi connectivity index (χ3v) is 5.50. The number of rotatable bonds is 2. The van der Waals surface area contributed by atoms with Gasteiger partial charge in [-0.25, -0.2) is 4.68 Å². The first kappa shape index (κ1) is 13.4. The average molecular weight is 312 g/mol. The summed E-state index contributed by atoms with van der Waals surface area (Å²) in [6.45, 7) is 3.30. The first-order chi connectivity index (χ1) is 11.3. The molecule has 120 valence electrons. The Labute approximate surface area is 134 Å². The number of nitrogens with one attached hydrogen (secondary N) is 1. The smallest absolute Gasteiger partial charge is 0.288 e. The average Bonchev–Trinajstić information content (AvgIpc) is 3.01. The maximum atomic E-state index is 12.6. The lowest BCUT2D eigenvalue weighted by molar-refractivity contribution is -0.121. The largest absolute Gasteiger partial charge is 0.448 e. The molecule has 5 heterocycles. The van der Waals surface area contributed by atoms with Crippen LogP contribution in [0.4, 0.5) is 0 Å². The molecule has 6 nitrogen and oxygen atoms in total. The van der Waals surface area contributed by atoms with E-state index in [1.807, 2.05) is 6.20 Å². The normalized spacial score (nSPS) is 30.9. The van der Waals surface area contributed by atoms with E-state index in [1.54, 1.807) is 10.9 Å². The van der Waals surface area contributed by atoms with Gasteiger partial charge in [0, 0.05) is 18.2 Å². The van der Waals surface area contributed by atoms with Crippen LogP contribution >= 0.6 is 0 Å². The zero-order valence-electron chi connectivity index (χ0n) is 13.0. The summed E-state index contributed by atoms with van der Waals surface area (Å²) in [7, 11) is 0. The lowest BCUT2D eigenvalue weighted by atomic mass is 9.84. The van der Waals surface area contributed by atoms with Crippen LogP contribution in [0.5, 0.6) is 0 Å². The molecule has 1 N–H and O–H groups in total. The van der Waals surface area contributed by atoms with Gasteiger partial charge in [-0.3, -0.25) is 4.79 Å². The fraction of sp³-hybridized carbons (Fsp3) is 0.529. The number of aromatic nitrogens is 2. The van der Waals surface area contributed by atoms with E-state index in [2.05, 4.69) is 21.4 Å². The summed E-state index contributed by atoms with van der Waals surface area (Å²) in [5.41, 5.74) is 2.19. The van der Waals surface area contributed by atoms with Crippen molar-refractivity contribution >= 4 is 17.9 Å². The van der Waals surface area contributed by atoms with Gasteiger partial charge in [0.05, 0.1) is 12.4 Å². The van der Waals surface area contributed by atoms with Gasteiger partial charge in [-0.2, -0.15) is 5.10 Å². The van der Waals surface area contributed by atoms with Crippen molar-refractivity contribution in [3.8, 4) is 0 Å². The highest BCUT2D eigenvalue weighted by Crippen LogP contribution is 2.33. The van der Waals surface area contributed by atoms with Gasteiger partial charge in [0.2, 0.25) is 5.76 Å². The SMILES string of the molecule is O=C(N[C@H]1CN2CCC1CC2)C1=Cn2ncc3c2C(=CCC3)O1. The van der Waals surface area contributed by atoms with E-state index >= 15 is 0 Å². The number of hydrogen-bond acceptors (Lipinski definition) is 4. The molecule has 2 bridgehead atoms.